The molecule has 2 aromatic rings. The standard InChI is InChI=1S/C15H17ClFNO4S/c1-9-7-12(10(2)22-9)15(19)5-6-18-23(20,21)11-3-4-14(17)13(16)8-11/h3-4,7-8,15,18-19H,5-6H2,1-2H3. The van der Waals surface area contributed by atoms with Crippen molar-refractivity contribution in [2.45, 2.75) is 31.3 Å². The van der Waals surface area contributed by atoms with Gasteiger partial charge in [0.25, 0.3) is 0 Å². The van der Waals surface area contributed by atoms with E-state index < -0.39 is 21.9 Å². The van der Waals surface area contributed by atoms with Gasteiger partial charge in [0.15, 0.2) is 0 Å². The molecule has 1 aromatic heterocycles. The van der Waals surface area contributed by atoms with Crippen LogP contribution in [-0.2, 0) is 10.0 Å². The smallest absolute Gasteiger partial charge is 0.240 e. The summed E-state index contributed by atoms with van der Waals surface area (Å²) in [6.07, 6.45) is -0.666. The fourth-order valence-corrected chi connectivity index (χ4v) is 3.51. The largest absolute Gasteiger partial charge is 0.466 e. The summed E-state index contributed by atoms with van der Waals surface area (Å²) in [5.74, 6) is 0.591. The molecule has 0 aliphatic rings. The van der Waals surface area contributed by atoms with E-state index in [0.717, 1.165) is 18.2 Å². The van der Waals surface area contributed by atoms with Gasteiger partial charge in [-0.05, 0) is 44.5 Å². The monoisotopic (exact) mass is 361 g/mol. The van der Waals surface area contributed by atoms with Crippen molar-refractivity contribution in [2.75, 3.05) is 6.54 Å². The molecule has 1 atom stereocenters. The number of nitrogens with one attached hydrogen (secondary N) is 1. The minimum Gasteiger partial charge on any atom is -0.466 e. The van der Waals surface area contributed by atoms with Crippen LogP contribution in [-0.4, -0.2) is 20.1 Å². The van der Waals surface area contributed by atoms with Crippen molar-refractivity contribution in [1.29, 1.82) is 0 Å². The Labute approximate surface area is 139 Å². The molecule has 0 amide bonds. The molecule has 2 rings (SSSR count). The Morgan fingerprint density at radius 1 is 1.35 bits per heavy atom. The fourth-order valence-electron chi connectivity index (χ4n) is 2.19. The zero-order valence-electron chi connectivity index (χ0n) is 12.6. The van der Waals surface area contributed by atoms with Crippen LogP contribution in [0.2, 0.25) is 5.02 Å². The van der Waals surface area contributed by atoms with Gasteiger partial charge in [-0.1, -0.05) is 11.6 Å². The molecular formula is C15H17ClFNO4S. The second-order valence-corrected chi connectivity index (χ2v) is 7.32. The van der Waals surface area contributed by atoms with Gasteiger partial charge in [-0.2, -0.15) is 0 Å². The maximum Gasteiger partial charge on any atom is 0.240 e. The van der Waals surface area contributed by atoms with Crippen LogP contribution in [0.15, 0.2) is 33.6 Å². The third kappa shape index (κ3) is 4.32. The van der Waals surface area contributed by atoms with Crippen LogP contribution < -0.4 is 4.72 Å². The average Bonchev–Trinajstić information content (AvgIpc) is 2.80. The quantitative estimate of drug-likeness (QED) is 0.828. The molecule has 0 saturated carbocycles. The Kier molecular flexibility index (Phi) is 5.46. The van der Waals surface area contributed by atoms with Crippen LogP contribution in [0.25, 0.3) is 0 Å². The lowest BCUT2D eigenvalue weighted by Gasteiger charge is -2.11. The van der Waals surface area contributed by atoms with Crippen LogP contribution >= 0.6 is 11.6 Å². The molecule has 1 aromatic carbocycles. The molecule has 8 heteroatoms. The minimum atomic E-state index is -3.82. The Bertz CT molecular complexity index is 804. The number of furan rings is 1. The number of rotatable bonds is 6. The van der Waals surface area contributed by atoms with Crippen molar-refractivity contribution in [3.63, 3.8) is 0 Å². The first-order valence-corrected chi connectivity index (χ1v) is 8.76. The number of benzene rings is 1. The number of sulfonamides is 1. The van der Waals surface area contributed by atoms with Crippen LogP contribution in [0.1, 0.15) is 29.6 Å². The second kappa shape index (κ2) is 7.00. The third-order valence-electron chi connectivity index (χ3n) is 3.35. The molecule has 2 N–H and O–H groups in total. The third-order valence-corrected chi connectivity index (χ3v) is 5.10. The lowest BCUT2D eigenvalue weighted by atomic mass is 10.1. The maximum absolute atomic E-state index is 13.1. The summed E-state index contributed by atoms with van der Waals surface area (Å²) >= 11 is 5.59. The van der Waals surface area contributed by atoms with E-state index in [1.165, 1.54) is 0 Å². The van der Waals surface area contributed by atoms with E-state index in [0.29, 0.717) is 17.1 Å². The van der Waals surface area contributed by atoms with E-state index in [1.54, 1.807) is 19.9 Å². The molecule has 0 bridgehead atoms. The zero-order valence-corrected chi connectivity index (χ0v) is 14.2. The van der Waals surface area contributed by atoms with Crippen LogP contribution in [0.5, 0.6) is 0 Å². The van der Waals surface area contributed by atoms with Gasteiger partial charge < -0.3 is 9.52 Å². The van der Waals surface area contributed by atoms with Crippen molar-refractivity contribution in [3.05, 3.63) is 52.2 Å². The van der Waals surface area contributed by atoms with E-state index in [1.807, 2.05) is 0 Å². The summed E-state index contributed by atoms with van der Waals surface area (Å²) in [5, 5.41) is 9.83. The highest BCUT2D eigenvalue weighted by Crippen LogP contribution is 2.24. The van der Waals surface area contributed by atoms with Gasteiger partial charge in [-0.3, -0.25) is 0 Å². The summed E-state index contributed by atoms with van der Waals surface area (Å²) in [6, 6.07) is 4.88. The normalized spacial score (nSPS) is 13.3. The highest BCUT2D eigenvalue weighted by Gasteiger charge is 2.18. The first kappa shape index (κ1) is 17.9. The van der Waals surface area contributed by atoms with Crippen molar-refractivity contribution in [2.24, 2.45) is 0 Å². The first-order valence-electron chi connectivity index (χ1n) is 6.90. The molecule has 0 saturated heterocycles. The summed E-state index contributed by atoms with van der Waals surface area (Å²) in [5.41, 5.74) is 0.631. The minimum absolute atomic E-state index is 0.0160. The van der Waals surface area contributed by atoms with Gasteiger partial charge in [0.1, 0.15) is 17.3 Å². The lowest BCUT2D eigenvalue weighted by molar-refractivity contribution is 0.167. The molecule has 0 fully saturated rings. The maximum atomic E-state index is 13.1. The molecule has 0 spiro atoms. The van der Waals surface area contributed by atoms with Crippen molar-refractivity contribution >= 4 is 21.6 Å². The van der Waals surface area contributed by atoms with Gasteiger partial charge in [0, 0.05) is 12.1 Å². The number of hydrogen-bond acceptors (Lipinski definition) is 4. The first-order chi connectivity index (χ1) is 10.7. The number of aryl methyl sites for hydroxylation is 2. The predicted molar refractivity (Wildman–Crippen MR) is 84.4 cm³/mol. The van der Waals surface area contributed by atoms with E-state index >= 15 is 0 Å². The van der Waals surface area contributed by atoms with Crippen molar-refractivity contribution in [3.8, 4) is 0 Å². The van der Waals surface area contributed by atoms with Crippen molar-refractivity contribution < 1.29 is 22.3 Å². The highest BCUT2D eigenvalue weighted by atomic mass is 35.5. The zero-order chi connectivity index (χ0) is 17.2. The van der Waals surface area contributed by atoms with Gasteiger partial charge in [-0.15, -0.1) is 0 Å². The van der Waals surface area contributed by atoms with Gasteiger partial charge in [0.2, 0.25) is 10.0 Å². The molecule has 5 nitrogen and oxygen atoms in total. The molecule has 23 heavy (non-hydrogen) atoms. The molecular weight excluding hydrogens is 345 g/mol. The topological polar surface area (TPSA) is 79.5 Å². The number of aliphatic hydroxyl groups excluding tert-OH is 1. The van der Waals surface area contributed by atoms with Crippen LogP contribution in [0.3, 0.4) is 0 Å². The summed E-state index contributed by atoms with van der Waals surface area (Å²) in [6.45, 7) is 3.52. The van der Waals surface area contributed by atoms with Crippen LogP contribution in [0, 0.1) is 19.7 Å². The van der Waals surface area contributed by atoms with E-state index in [-0.39, 0.29) is 22.9 Å². The number of halogens is 2. The Morgan fingerprint density at radius 2 is 2.04 bits per heavy atom. The van der Waals surface area contributed by atoms with Gasteiger partial charge >= 0.3 is 0 Å². The average molecular weight is 362 g/mol. The van der Waals surface area contributed by atoms with E-state index in [9.17, 15) is 17.9 Å². The summed E-state index contributed by atoms with van der Waals surface area (Å²) in [7, 11) is -3.82. The molecule has 1 heterocycles. The Morgan fingerprint density at radius 3 is 2.61 bits per heavy atom. The second-order valence-electron chi connectivity index (χ2n) is 5.15. The van der Waals surface area contributed by atoms with E-state index in [2.05, 4.69) is 4.72 Å². The summed E-state index contributed by atoms with van der Waals surface area (Å²) in [4.78, 5) is -0.131. The summed E-state index contributed by atoms with van der Waals surface area (Å²) < 4.78 is 44.9. The van der Waals surface area contributed by atoms with Crippen molar-refractivity contribution in [1.82, 2.24) is 4.72 Å². The SMILES string of the molecule is Cc1cc(C(O)CCNS(=O)(=O)c2ccc(F)c(Cl)c2)c(C)o1. The van der Waals surface area contributed by atoms with Gasteiger partial charge in [-0.25, -0.2) is 17.5 Å². The molecule has 1 unspecified atom stereocenters. The lowest BCUT2D eigenvalue weighted by Crippen LogP contribution is -2.26. The van der Waals surface area contributed by atoms with Crippen LogP contribution in [0.4, 0.5) is 4.39 Å². The molecule has 0 aliphatic carbocycles. The molecule has 0 radical (unpaired) electrons. The predicted octanol–water partition coefficient (Wildman–Crippen LogP) is 3.09. The highest BCUT2D eigenvalue weighted by molar-refractivity contribution is 7.89. The van der Waals surface area contributed by atoms with E-state index in [4.69, 9.17) is 16.0 Å². The molecule has 126 valence electrons. The van der Waals surface area contributed by atoms with Gasteiger partial charge in [0.05, 0.1) is 16.0 Å². The fraction of sp³-hybridized carbons (Fsp3) is 0.333. The Hall–Kier alpha value is -1.41. The Balaban J connectivity index is 1.99. The number of hydrogen-bond donors (Lipinski definition) is 2. The molecule has 0 aliphatic heterocycles. The number of aliphatic hydroxyl groups is 1.